The number of amides is 1. The fourth-order valence-electron chi connectivity index (χ4n) is 1.29. The van der Waals surface area contributed by atoms with Crippen molar-refractivity contribution >= 4 is 28.6 Å². The summed E-state index contributed by atoms with van der Waals surface area (Å²) in [4.78, 5) is 11.0. The highest BCUT2D eigenvalue weighted by atomic mass is 32.2. The monoisotopic (exact) mass is 239 g/mol. The van der Waals surface area contributed by atoms with E-state index in [-0.39, 0.29) is 23.4 Å². The molecule has 5 nitrogen and oxygen atoms in total. The molecule has 0 aromatic carbocycles. The minimum atomic E-state index is -3.05. The molecule has 1 rings (SSSR count). The van der Waals surface area contributed by atoms with Crippen LogP contribution < -0.4 is 5.32 Å². The van der Waals surface area contributed by atoms with Gasteiger partial charge in [0.1, 0.15) is 0 Å². The number of carbonyl (C=O) groups is 1. The van der Waals surface area contributed by atoms with E-state index < -0.39 is 22.0 Å². The van der Waals surface area contributed by atoms with Crippen LogP contribution in [-0.4, -0.2) is 43.9 Å². The first-order valence-corrected chi connectivity index (χ1v) is 6.60. The van der Waals surface area contributed by atoms with E-state index in [9.17, 15) is 13.2 Å². The molecule has 0 aromatic rings. The van der Waals surface area contributed by atoms with Crippen molar-refractivity contribution in [2.24, 2.45) is 0 Å². The van der Waals surface area contributed by atoms with Gasteiger partial charge < -0.3 is 10.1 Å². The van der Waals surface area contributed by atoms with Gasteiger partial charge in [0.2, 0.25) is 0 Å². The Morgan fingerprint density at radius 2 is 2.21 bits per heavy atom. The Kier molecular flexibility index (Phi) is 3.65. The molecule has 14 heavy (non-hydrogen) atoms. The number of rotatable bonds is 2. The zero-order valence-electron chi connectivity index (χ0n) is 7.76. The lowest BCUT2D eigenvalue weighted by Crippen LogP contribution is -2.40. The van der Waals surface area contributed by atoms with Crippen LogP contribution in [0.2, 0.25) is 0 Å². The van der Waals surface area contributed by atoms with Crippen molar-refractivity contribution in [2.75, 3.05) is 18.1 Å². The summed E-state index contributed by atoms with van der Waals surface area (Å²) in [5, 5.41) is 2.13. The van der Waals surface area contributed by atoms with Crippen LogP contribution in [-0.2, 0) is 14.6 Å². The molecule has 7 heteroatoms. The maximum absolute atomic E-state index is 11.1. The fraction of sp³-hybridized carbons (Fsp3) is 0.857. The lowest BCUT2D eigenvalue weighted by atomic mass is 10.2. The van der Waals surface area contributed by atoms with Crippen LogP contribution in [0.25, 0.3) is 0 Å². The van der Waals surface area contributed by atoms with Gasteiger partial charge in [-0.05, 0) is 6.92 Å². The lowest BCUT2D eigenvalue weighted by Gasteiger charge is -2.14. The molecule has 1 fully saturated rings. The second kappa shape index (κ2) is 4.39. The van der Waals surface area contributed by atoms with Crippen molar-refractivity contribution in [1.29, 1.82) is 0 Å². The summed E-state index contributed by atoms with van der Waals surface area (Å²) < 4.78 is 26.9. The van der Waals surface area contributed by atoms with E-state index >= 15 is 0 Å². The third kappa shape index (κ3) is 3.06. The average molecular weight is 239 g/mol. The summed E-state index contributed by atoms with van der Waals surface area (Å²) in [5.41, 5.74) is 0. The quantitative estimate of drug-likeness (QED) is 0.656. The van der Waals surface area contributed by atoms with Gasteiger partial charge in [0.05, 0.1) is 24.2 Å². The Morgan fingerprint density at radius 1 is 1.57 bits per heavy atom. The van der Waals surface area contributed by atoms with Gasteiger partial charge in [-0.15, -0.1) is 0 Å². The minimum Gasteiger partial charge on any atom is -0.450 e. The zero-order valence-corrected chi connectivity index (χ0v) is 9.48. The third-order valence-corrected chi connectivity index (χ3v) is 4.42. The summed E-state index contributed by atoms with van der Waals surface area (Å²) in [6, 6.07) is -0.442. The highest BCUT2D eigenvalue weighted by Crippen LogP contribution is 2.17. The standard InChI is InChI=1S/C7H13NO4S2/c1-2-12-7(9)8-5-3-14(10,11)4-6(5)13/h5-6,13H,2-4H2,1H3,(H,8,9)/t5-,6-/m0/s1. The van der Waals surface area contributed by atoms with Gasteiger partial charge in [0, 0.05) is 5.25 Å². The fourth-order valence-corrected chi connectivity index (χ4v) is 4.05. The molecule has 0 saturated carbocycles. The molecule has 1 saturated heterocycles. The molecule has 0 unspecified atom stereocenters. The molecule has 1 N–H and O–H groups in total. The molecule has 0 bridgehead atoms. The van der Waals surface area contributed by atoms with Crippen molar-refractivity contribution in [2.45, 2.75) is 18.2 Å². The van der Waals surface area contributed by atoms with E-state index in [0.717, 1.165) is 0 Å². The number of hydrogen-bond donors (Lipinski definition) is 2. The number of carbonyl (C=O) groups excluding carboxylic acids is 1. The van der Waals surface area contributed by atoms with Gasteiger partial charge in [-0.2, -0.15) is 12.6 Å². The molecule has 0 aromatic heterocycles. The molecular formula is C7H13NO4S2. The van der Waals surface area contributed by atoms with Gasteiger partial charge in [0.15, 0.2) is 9.84 Å². The van der Waals surface area contributed by atoms with Crippen molar-refractivity contribution in [3.8, 4) is 0 Å². The van der Waals surface area contributed by atoms with E-state index in [0.29, 0.717) is 0 Å². The first-order valence-electron chi connectivity index (χ1n) is 4.26. The Bertz CT molecular complexity index is 314. The second-order valence-corrected chi connectivity index (χ2v) is 5.93. The predicted molar refractivity (Wildman–Crippen MR) is 55.4 cm³/mol. The van der Waals surface area contributed by atoms with Gasteiger partial charge in [-0.25, -0.2) is 13.2 Å². The second-order valence-electron chi connectivity index (χ2n) is 3.12. The Hall–Kier alpha value is -0.430. The first-order chi connectivity index (χ1) is 6.44. The smallest absolute Gasteiger partial charge is 0.407 e. The SMILES string of the molecule is CCOC(=O)N[C@H]1CS(=O)(=O)C[C@@H]1S. The zero-order chi connectivity index (χ0) is 10.8. The van der Waals surface area contributed by atoms with Crippen molar-refractivity contribution < 1.29 is 17.9 Å². The van der Waals surface area contributed by atoms with Crippen molar-refractivity contribution in [3.05, 3.63) is 0 Å². The Labute approximate surface area is 88.5 Å². The highest BCUT2D eigenvalue weighted by Gasteiger charge is 2.36. The van der Waals surface area contributed by atoms with Crippen molar-refractivity contribution in [1.82, 2.24) is 5.32 Å². The van der Waals surface area contributed by atoms with Crippen LogP contribution in [0.5, 0.6) is 0 Å². The number of hydrogen-bond acceptors (Lipinski definition) is 5. The molecule has 1 aliphatic heterocycles. The van der Waals surface area contributed by atoms with E-state index in [1.807, 2.05) is 0 Å². The largest absolute Gasteiger partial charge is 0.450 e. The topological polar surface area (TPSA) is 72.5 Å². The van der Waals surface area contributed by atoms with Crippen LogP contribution in [0.3, 0.4) is 0 Å². The maximum atomic E-state index is 11.1. The summed E-state index contributed by atoms with van der Waals surface area (Å²) in [5.74, 6) is -0.0484. The molecule has 2 atom stereocenters. The van der Waals surface area contributed by atoms with Gasteiger partial charge in [0.25, 0.3) is 0 Å². The molecule has 0 aliphatic carbocycles. The van der Waals surface area contributed by atoms with E-state index in [1.54, 1.807) is 6.92 Å². The molecular weight excluding hydrogens is 226 g/mol. The Balaban J connectivity index is 2.51. The molecule has 82 valence electrons. The van der Waals surface area contributed by atoms with Crippen LogP contribution in [0.1, 0.15) is 6.92 Å². The van der Waals surface area contributed by atoms with E-state index in [4.69, 9.17) is 0 Å². The number of ether oxygens (including phenoxy) is 1. The molecule has 0 radical (unpaired) electrons. The van der Waals surface area contributed by atoms with Crippen LogP contribution >= 0.6 is 12.6 Å². The van der Waals surface area contributed by atoms with Crippen LogP contribution in [0, 0.1) is 0 Å². The van der Waals surface area contributed by atoms with Crippen LogP contribution in [0.4, 0.5) is 4.79 Å². The van der Waals surface area contributed by atoms with Gasteiger partial charge in [-0.1, -0.05) is 0 Å². The van der Waals surface area contributed by atoms with Gasteiger partial charge >= 0.3 is 6.09 Å². The van der Waals surface area contributed by atoms with Crippen LogP contribution in [0.15, 0.2) is 0 Å². The molecule has 1 aliphatic rings. The number of sulfone groups is 1. The molecule has 0 spiro atoms. The Morgan fingerprint density at radius 3 is 2.64 bits per heavy atom. The highest BCUT2D eigenvalue weighted by molar-refractivity contribution is 7.93. The summed E-state index contributed by atoms with van der Waals surface area (Å²) in [7, 11) is -3.05. The number of thiol groups is 1. The minimum absolute atomic E-state index is 0.00713. The van der Waals surface area contributed by atoms with E-state index in [2.05, 4.69) is 22.7 Å². The summed E-state index contributed by atoms with van der Waals surface area (Å²) in [6.07, 6.45) is -0.589. The summed E-state index contributed by atoms with van der Waals surface area (Å²) >= 11 is 4.09. The van der Waals surface area contributed by atoms with Crippen molar-refractivity contribution in [3.63, 3.8) is 0 Å². The third-order valence-electron chi connectivity index (χ3n) is 1.90. The molecule has 1 heterocycles. The number of alkyl carbamates (subject to hydrolysis) is 1. The van der Waals surface area contributed by atoms with Gasteiger partial charge in [-0.3, -0.25) is 0 Å². The average Bonchev–Trinajstić information content (AvgIpc) is 2.25. The molecule has 1 amide bonds. The number of nitrogens with one attached hydrogen (secondary N) is 1. The first kappa shape index (κ1) is 11.6. The van der Waals surface area contributed by atoms with E-state index in [1.165, 1.54) is 0 Å². The predicted octanol–water partition coefficient (Wildman–Crippen LogP) is -0.172. The maximum Gasteiger partial charge on any atom is 0.407 e. The summed E-state index contributed by atoms with van der Waals surface area (Å²) in [6.45, 7) is 1.95. The lowest BCUT2D eigenvalue weighted by molar-refractivity contribution is 0.149. The normalized spacial score (nSPS) is 29.9.